The molecule has 1 aromatic carbocycles. The quantitative estimate of drug-likeness (QED) is 0.665. The zero-order chi connectivity index (χ0) is 19.2. The lowest BCUT2D eigenvalue weighted by atomic mass is 9.84. The van der Waals surface area contributed by atoms with Crippen molar-refractivity contribution in [3.8, 4) is 11.5 Å². The first kappa shape index (κ1) is 23.5. The molecule has 2 unspecified atom stereocenters. The van der Waals surface area contributed by atoms with Crippen LogP contribution < -0.4 is 20.5 Å². The summed E-state index contributed by atoms with van der Waals surface area (Å²) in [6, 6.07) is 4.46. The first-order chi connectivity index (χ1) is 12.4. The van der Waals surface area contributed by atoms with Gasteiger partial charge in [0.2, 0.25) is 5.91 Å². The Morgan fingerprint density at radius 3 is 2.48 bits per heavy atom. The van der Waals surface area contributed by atoms with Gasteiger partial charge in [-0.3, -0.25) is 4.79 Å². The van der Waals surface area contributed by atoms with Crippen molar-refractivity contribution in [2.75, 3.05) is 26.5 Å². The summed E-state index contributed by atoms with van der Waals surface area (Å²) in [4.78, 5) is 12.3. The molecule has 1 aromatic rings. The summed E-state index contributed by atoms with van der Waals surface area (Å²) >= 11 is 0. The first-order valence-electron chi connectivity index (χ1n) is 8.85. The van der Waals surface area contributed by atoms with E-state index in [2.05, 4.69) is 5.32 Å². The molecule has 0 aliphatic heterocycles. The fourth-order valence-electron chi connectivity index (χ4n) is 3.31. The Morgan fingerprint density at radius 1 is 1.19 bits per heavy atom. The monoisotopic (exact) mass is 420 g/mol. The van der Waals surface area contributed by atoms with Crippen molar-refractivity contribution in [1.29, 1.82) is 0 Å². The zero-order valence-electron chi connectivity index (χ0n) is 15.8. The van der Waals surface area contributed by atoms with Crippen molar-refractivity contribution in [3.05, 3.63) is 18.2 Å². The van der Waals surface area contributed by atoms with Gasteiger partial charge in [0, 0.05) is 18.5 Å². The van der Waals surface area contributed by atoms with Gasteiger partial charge in [-0.05, 0) is 37.4 Å². The Morgan fingerprint density at radius 2 is 1.85 bits per heavy atom. The Bertz CT molecular complexity index is 726. The van der Waals surface area contributed by atoms with Crippen molar-refractivity contribution in [1.82, 2.24) is 5.32 Å². The highest BCUT2D eigenvalue weighted by molar-refractivity contribution is 7.91. The zero-order valence-corrected chi connectivity index (χ0v) is 17.4. The molecule has 0 spiro atoms. The van der Waals surface area contributed by atoms with E-state index in [1.165, 1.54) is 26.4 Å². The number of carbonyl (C=O) groups is 1. The van der Waals surface area contributed by atoms with E-state index in [0.717, 1.165) is 25.7 Å². The number of hydrogen-bond donors (Lipinski definition) is 2. The number of methoxy groups -OCH3 is 2. The number of hydrogen-bond acceptors (Lipinski definition) is 6. The second-order valence-electron chi connectivity index (χ2n) is 6.54. The molecule has 7 nitrogen and oxygen atoms in total. The fourth-order valence-corrected chi connectivity index (χ4v) is 4.57. The third-order valence-corrected chi connectivity index (χ3v) is 6.58. The first-order valence-corrected chi connectivity index (χ1v) is 10.5. The highest BCUT2D eigenvalue weighted by Gasteiger charge is 2.26. The molecule has 0 bridgehead atoms. The SMILES string of the molecule is COc1ccc(S(=O)(=O)CCC(=O)NC2CCCCC2CN)cc1OC.Cl. The van der Waals surface area contributed by atoms with E-state index in [4.69, 9.17) is 15.2 Å². The standard InChI is InChI=1S/C18H28N2O5S.ClH/c1-24-16-8-7-14(11-17(16)25-2)26(22,23)10-9-18(21)20-15-6-4-3-5-13(15)12-19;/h7-8,11,13,15H,3-6,9-10,12,19H2,1-2H3,(H,20,21);1H. The fraction of sp³-hybridized carbons (Fsp3) is 0.611. The number of nitrogens with one attached hydrogen (secondary N) is 1. The largest absolute Gasteiger partial charge is 0.493 e. The van der Waals surface area contributed by atoms with Crippen molar-refractivity contribution < 1.29 is 22.7 Å². The maximum atomic E-state index is 12.5. The van der Waals surface area contributed by atoms with Crippen molar-refractivity contribution in [3.63, 3.8) is 0 Å². The van der Waals surface area contributed by atoms with Crippen molar-refractivity contribution >= 4 is 28.2 Å². The minimum Gasteiger partial charge on any atom is -0.493 e. The number of nitrogens with two attached hydrogens (primary N) is 1. The Balaban J connectivity index is 0.00000364. The molecule has 1 saturated carbocycles. The summed E-state index contributed by atoms with van der Waals surface area (Å²) in [7, 11) is -0.667. The van der Waals surface area contributed by atoms with Crippen LogP contribution in [0.4, 0.5) is 0 Å². The summed E-state index contributed by atoms with van der Waals surface area (Å²) in [6.45, 7) is 0.537. The van der Waals surface area contributed by atoms with Gasteiger partial charge in [-0.2, -0.15) is 0 Å². The number of sulfone groups is 1. The lowest BCUT2D eigenvalue weighted by Gasteiger charge is -2.31. The minimum atomic E-state index is -3.59. The summed E-state index contributed by atoms with van der Waals surface area (Å²) in [5, 5.41) is 2.96. The van der Waals surface area contributed by atoms with Gasteiger partial charge < -0.3 is 20.5 Å². The van der Waals surface area contributed by atoms with Crippen LogP contribution in [0.1, 0.15) is 32.1 Å². The summed E-state index contributed by atoms with van der Waals surface area (Å²) < 4.78 is 35.3. The molecule has 0 saturated heterocycles. The van der Waals surface area contributed by atoms with E-state index in [1.807, 2.05) is 0 Å². The molecule has 154 valence electrons. The third kappa shape index (κ3) is 6.26. The summed E-state index contributed by atoms with van der Waals surface area (Å²) in [6.07, 6.45) is 4.01. The van der Waals surface area contributed by atoms with Crippen LogP contribution in [-0.2, 0) is 14.6 Å². The lowest BCUT2D eigenvalue weighted by Crippen LogP contribution is -2.45. The highest BCUT2D eigenvalue weighted by atomic mass is 35.5. The molecule has 1 aliphatic carbocycles. The second-order valence-corrected chi connectivity index (χ2v) is 8.65. The van der Waals surface area contributed by atoms with Gasteiger partial charge in [0.05, 0.1) is 24.9 Å². The average Bonchev–Trinajstić information content (AvgIpc) is 2.66. The predicted octanol–water partition coefficient (Wildman–Crippen LogP) is 1.92. The Kier molecular flexibility index (Phi) is 9.35. The van der Waals surface area contributed by atoms with E-state index in [1.54, 1.807) is 6.07 Å². The van der Waals surface area contributed by atoms with Gasteiger partial charge in [0.15, 0.2) is 21.3 Å². The molecule has 1 aliphatic rings. The number of benzene rings is 1. The van der Waals surface area contributed by atoms with Crippen LogP contribution in [0.2, 0.25) is 0 Å². The molecule has 2 rings (SSSR count). The Hall–Kier alpha value is -1.51. The van der Waals surface area contributed by atoms with E-state index >= 15 is 0 Å². The lowest BCUT2D eigenvalue weighted by molar-refractivity contribution is -0.122. The van der Waals surface area contributed by atoms with Crippen LogP contribution >= 0.6 is 12.4 Å². The number of rotatable bonds is 8. The number of halogens is 1. The number of ether oxygens (including phenoxy) is 2. The molecule has 0 heterocycles. The van der Waals surface area contributed by atoms with Crippen LogP contribution in [0.3, 0.4) is 0 Å². The molecule has 9 heteroatoms. The molecular weight excluding hydrogens is 392 g/mol. The summed E-state index contributed by atoms with van der Waals surface area (Å²) in [5.41, 5.74) is 5.77. The van der Waals surface area contributed by atoms with E-state index in [0.29, 0.717) is 18.0 Å². The molecule has 1 fully saturated rings. The van der Waals surface area contributed by atoms with Crippen LogP contribution in [0.15, 0.2) is 23.1 Å². The number of amides is 1. The molecule has 3 N–H and O–H groups in total. The van der Waals surface area contributed by atoms with Crippen LogP contribution in [0.5, 0.6) is 11.5 Å². The van der Waals surface area contributed by atoms with Crippen LogP contribution in [0.25, 0.3) is 0 Å². The Labute approximate surface area is 167 Å². The molecule has 2 atom stereocenters. The van der Waals surface area contributed by atoms with Gasteiger partial charge in [-0.15, -0.1) is 12.4 Å². The molecule has 1 amide bonds. The van der Waals surface area contributed by atoms with E-state index < -0.39 is 9.84 Å². The van der Waals surface area contributed by atoms with Crippen LogP contribution in [0, 0.1) is 5.92 Å². The second kappa shape index (κ2) is 10.7. The van der Waals surface area contributed by atoms with Crippen molar-refractivity contribution in [2.24, 2.45) is 11.7 Å². The smallest absolute Gasteiger partial charge is 0.221 e. The molecular formula is C18H29ClN2O5S. The number of carbonyl (C=O) groups excluding carboxylic acids is 1. The van der Waals surface area contributed by atoms with Crippen LogP contribution in [-0.4, -0.2) is 46.9 Å². The van der Waals surface area contributed by atoms with Crippen molar-refractivity contribution in [2.45, 2.75) is 43.0 Å². The molecule has 0 radical (unpaired) electrons. The third-order valence-electron chi connectivity index (χ3n) is 4.87. The topological polar surface area (TPSA) is 108 Å². The van der Waals surface area contributed by atoms with Gasteiger partial charge in [0.25, 0.3) is 0 Å². The predicted molar refractivity (Wildman–Crippen MR) is 106 cm³/mol. The maximum Gasteiger partial charge on any atom is 0.221 e. The highest BCUT2D eigenvalue weighted by Crippen LogP contribution is 2.30. The minimum absolute atomic E-state index is 0. The molecule has 0 aromatic heterocycles. The van der Waals surface area contributed by atoms with Gasteiger partial charge >= 0.3 is 0 Å². The normalized spacial score (nSPS) is 19.7. The van der Waals surface area contributed by atoms with Gasteiger partial charge in [-0.25, -0.2) is 8.42 Å². The average molecular weight is 421 g/mol. The maximum absolute atomic E-state index is 12.5. The molecule has 27 heavy (non-hydrogen) atoms. The summed E-state index contributed by atoms with van der Waals surface area (Å²) in [5.74, 6) is 0.559. The van der Waals surface area contributed by atoms with E-state index in [9.17, 15) is 13.2 Å². The van der Waals surface area contributed by atoms with Gasteiger partial charge in [0.1, 0.15) is 0 Å². The van der Waals surface area contributed by atoms with Gasteiger partial charge in [-0.1, -0.05) is 12.8 Å². The van der Waals surface area contributed by atoms with E-state index in [-0.39, 0.29) is 47.3 Å².